The lowest BCUT2D eigenvalue weighted by Crippen LogP contribution is -2.28. The minimum Gasteiger partial charge on any atom is -0.388 e. The molecular weight excluding hydrogens is 605 g/mol. The van der Waals surface area contributed by atoms with Gasteiger partial charge < -0.3 is 10.6 Å². The summed E-state index contributed by atoms with van der Waals surface area (Å²) < 4.78 is 0. The summed E-state index contributed by atoms with van der Waals surface area (Å²) in [6, 6.07) is 54.6. The van der Waals surface area contributed by atoms with E-state index < -0.39 is 5.41 Å². The SMILES string of the molecule is CNc1ccccc1-c1ccc2c(c1)C(C)(c1ccccc1)C(=C\C(C)c1ccccc1)/C=C\C(c1ccccc1Nc1cccc(C)c1)=C/2. The maximum absolute atomic E-state index is 3.72. The Morgan fingerprint density at radius 3 is 2.06 bits per heavy atom. The Balaban J connectivity index is 1.49. The molecule has 2 atom stereocenters. The summed E-state index contributed by atoms with van der Waals surface area (Å²) in [5.74, 6) is 0.206. The molecule has 0 heterocycles. The van der Waals surface area contributed by atoms with Crippen molar-refractivity contribution in [2.75, 3.05) is 17.7 Å². The Labute approximate surface area is 297 Å². The Morgan fingerprint density at radius 1 is 0.640 bits per heavy atom. The molecule has 1 aliphatic rings. The van der Waals surface area contributed by atoms with Gasteiger partial charge in [-0.2, -0.15) is 0 Å². The number of fused-ring (bicyclic) bond motifs is 1. The van der Waals surface area contributed by atoms with Gasteiger partial charge >= 0.3 is 0 Å². The van der Waals surface area contributed by atoms with Gasteiger partial charge in [-0.3, -0.25) is 0 Å². The van der Waals surface area contributed by atoms with Crippen molar-refractivity contribution in [3.63, 3.8) is 0 Å². The summed E-state index contributed by atoms with van der Waals surface area (Å²) in [4.78, 5) is 0. The molecule has 50 heavy (non-hydrogen) atoms. The normalized spacial score (nSPS) is 18.6. The van der Waals surface area contributed by atoms with Gasteiger partial charge in [-0.25, -0.2) is 0 Å². The van der Waals surface area contributed by atoms with E-state index in [1.54, 1.807) is 0 Å². The van der Waals surface area contributed by atoms with E-state index in [0.717, 1.165) is 28.2 Å². The monoisotopic (exact) mass is 648 g/mol. The average Bonchev–Trinajstić information content (AvgIpc) is 3.16. The van der Waals surface area contributed by atoms with Gasteiger partial charge in [-0.1, -0.05) is 146 Å². The van der Waals surface area contributed by atoms with Gasteiger partial charge in [0.05, 0.1) is 0 Å². The first-order chi connectivity index (χ1) is 24.4. The number of anilines is 3. The summed E-state index contributed by atoms with van der Waals surface area (Å²) >= 11 is 0. The maximum atomic E-state index is 3.72. The van der Waals surface area contributed by atoms with Crippen molar-refractivity contribution in [3.8, 4) is 11.1 Å². The van der Waals surface area contributed by atoms with Gasteiger partial charge in [-0.15, -0.1) is 0 Å². The van der Waals surface area contributed by atoms with Gasteiger partial charge in [0.15, 0.2) is 0 Å². The molecule has 2 nitrogen and oxygen atoms in total. The van der Waals surface area contributed by atoms with E-state index in [4.69, 9.17) is 0 Å². The molecule has 0 bridgehead atoms. The third-order valence-corrected chi connectivity index (χ3v) is 10.1. The highest BCUT2D eigenvalue weighted by Crippen LogP contribution is 2.47. The van der Waals surface area contributed by atoms with Crippen LogP contribution in [-0.2, 0) is 5.41 Å². The predicted octanol–water partition coefficient (Wildman–Crippen LogP) is 12.6. The third kappa shape index (κ3) is 6.58. The fourth-order valence-electron chi connectivity index (χ4n) is 7.28. The van der Waals surface area contributed by atoms with E-state index in [-0.39, 0.29) is 5.92 Å². The van der Waals surface area contributed by atoms with Crippen LogP contribution in [0.2, 0.25) is 0 Å². The summed E-state index contributed by atoms with van der Waals surface area (Å²) in [5.41, 5.74) is 15.0. The van der Waals surface area contributed by atoms with Crippen molar-refractivity contribution in [1.29, 1.82) is 0 Å². The zero-order valence-electron chi connectivity index (χ0n) is 29.3. The van der Waals surface area contributed by atoms with Crippen molar-refractivity contribution in [2.45, 2.75) is 32.1 Å². The highest BCUT2D eigenvalue weighted by atomic mass is 14.9. The second-order valence-electron chi connectivity index (χ2n) is 13.4. The predicted molar refractivity (Wildman–Crippen MR) is 215 cm³/mol. The van der Waals surface area contributed by atoms with E-state index in [1.165, 1.54) is 44.5 Å². The fourth-order valence-corrected chi connectivity index (χ4v) is 7.28. The van der Waals surface area contributed by atoms with Crippen molar-refractivity contribution in [3.05, 3.63) is 209 Å². The molecule has 0 fully saturated rings. The highest BCUT2D eigenvalue weighted by Gasteiger charge is 2.35. The molecule has 0 aromatic heterocycles. The lowest BCUT2D eigenvalue weighted by atomic mass is 9.66. The molecule has 2 unspecified atom stereocenters. The molecule has 2 N–H and O–H groups in total. The van der Waals surface area contributed by atoms with Crippen LogP contribution in [0.4, 0.5) is 17.1 Å². The van der Waals surface area contributed by atoms with Crippen LogP contribution < -0.4 is 10.6 Å². The molecule has 0 spiro atoms. The fraction of sp³-hybridized carbons (Fsp3) is 0.125. The number of aryl methyl sites for hydroxylation is 1. The van der Waals surface area contributed by atoms with E-state index in [1.807, 2.05) is 7.05 Å². The number of rotatable bonds is 8. The van der Waals surface area contributed by atoms with Crippen molar-refractivity contribution in [2.24, 2.45) is 0 Å². The molecule has 6 aromatic carbocycles. The Morgan fingerprint density at radius 2 is 1.32 bits per heavy atom. The summed E-state index contributed by atoms with van der Waals surface area (Å²) in [5, 5.41) is 7.14. The Kier molecular flexibility index (Phi) is 9.36. The summed E-state index contributed by atoms with van der Waals surface area (Å²) in [7, 11) is 1.99. The van der Waals surface area contributed by atoms with Crippen LogP contribution in [0.15, 0.2) is 175 Å². The molecule has 0 amide bonds. The molecule has 0 aliphatic heterocycles. The number of hydrogen-bond acceptors (Lipinski definition) is 2. The Bertz CT molecular complexity index is 2210. The first-order valence-electron chi connectivity index (χ1n) is 17.5. The summed E-state index contributed by atoms with van der Waals surface area (Å²) in [6.07, 6.45) is 9.51. The van der Waals surface area contributed by atoms with E-state index in [9.17, 15) is 0 Å². The first-order valence-corrected chi connectivity index (χ1v) is 17.5. The van der Waals surface area contributed by atoms with Gasteiger partial charge in [0.1, 0.15) is 0 Å². The molecule has 246 valence electrons. The average molecular weight is 649 g/mol. The van der Waals surface area contributed by atoms with E-state index in [0.29, 0.717) is 0 Å². The second kappa shape index (κ2) is 14.3. The molecule has 1 aliphatic carbocycles. The van der Waals surface area contributed by atoms with Crippen molar-refractivity contribution < 1.29 is 0 Å². The molecule has 0 saturated carbocycles. The van der Waals surface area contributed by atoms with E-state index >= 15 is 0 Å². The first kappa shape index (κ1) is 32.7. The lowest BCUT2D eigenvalue weighted by molar-refractivity contribution is 0.681. The largest absolute Gasteiger partial charge is 0.388 e. The van der Waals surface area contributed by atoms with Crippen LogP contribution in [0.3, 0.4) is 0 Å². The van der Waals surface area contributed by atoms with Gasteiger partial charge in [-0.05, 0) is 101 Å². The van der Waals surface area contributed by atoms with Crippen LogP contribution in [0.25, 0.3) is 22.8 Å². The zero-order valence-corrected chi connectivity index (χ0v) is 29.3. The third-order valence-electron chi connectivity index (χ3n) is 10.1. The molecule has 0 radical (unpaired) electrons. The topological polar surface area (TPSA) is 24.1 Å². The van der Waals surface area contributed by atoms with Crippen molar-refractivity contribution >= 4 is 28.7 Å². The smallest absolute Gasteiger partial charge is 0.0463 e. The molecule has 0 saturated heterocycles. The standard InChI is InChI=1S/C48H44N2/c1-34-16-15-21-42(30-34)50-47-25-14-12-23-44(47)37-28-29-41(31-35(2)36-17-7-5-8-18-36)48(3,40-19-9-6-10-20-40)45-33-38(26-27-39(45)32-37)43-22-11-13-24-46(43)49-4/h5-33,35,49-50H,1-4H3/b29-28-,37-32+,41-31-. The number of benzene rings is 6. The molecular formula is C48H44N2. The minimum absolute atomic E-state index is 0.206. The second-order valence-corrected chi connectivity index (χ2v) is 13.4. The number of nitrogens with one attached hydrogen (secondary N) is 2. The molecule has 6 aromatic rings. The highest BCUT2D eigenvalue weighted by molar-refractivity contribution is 5.95. The number of allylic oxidation sites excluding steroid dienone is 5. The quantitative estimate of drug-likeness (QED) is 0.172. The van der Waals surface area contributed by atoms with Gasteiger partial charge in [0.2, 0.25) is 0 Å². The van der Waals surface area contributed by atoms with Crippen LogP contribution >= 0.6 is 0 Å². The zero-order chi connectivity index (χ0) is 34.5. The van der Waals surface area contributed by atoms with E-state index in [2.05, 4.69) is 207 Å². The molecule has 7 rings (SSSR count). The van der Waals surface area contributed by atoms with Gasteiger partial charge in [0.25, 0.3) is 0 Å². The maximum Gasteiger partial charge on any atom is 0.0463 e. The number of hydrogen-bond donors (Lipinski definition) is 2. The lowest BCUT2D eigenvalue weighted by Gasteiger charge is -2.36. The van der Waals surface area contributed by atoms with Crippen LogP contribution in [-0.4, -0.2) is 7.05 Å². The Hall–Kier alpha value is -5.86. The van der Waals surface area contributed by atoms with Crippen LogP contribution in [0, 0.1) is 6.92 Å². The van der Waals surface area contributed by atoms with Gasteiger partial charge in [0, 0.05) is 40.7 Å². The van der Waals surface area contributed by atoms with Crippen LogP contribution in [0.5, 0.6) is 0 Å². The summed E-state index contributed by atoms with van der Waals surface area (Å²) in [6.45, 7) is 6.83. The van der Waals surface area contributed by atoms with Crippen molar-refractivity contribution in [1.82, 2.24) is 0 Å². The molecule has 2 heteroatoms. The number of para-hydroxylation sites is 2. The van der Waals surface area contributed by atoms with Crippen LogP contribution in [0.1, 0.15) is 53.1 Å². The minimum atomic E-state index is -0.442.